The number of hydrogen-bond donors (Lipinski definition) is 1. The van der Waals surface area contributed by atoms with Gasteiger partial charge in [0.1, 0.15) is 29.0 Å². The first-order valence-electron chi connectivity index (χ1n) is 10.1. The minimum Gasteiger partial charge on any atom is -0.497 e. The Morgan fingerprint density at radius 3 is 2.87 bits per heavy atom. The number of aromatic amines is 1. The molecule has 2 aromatic heterocycles. The van der Waals surface area contributed by atoms with Crippen LogP contribution in [0.4, 0.5) is 4.39 Å². The first kappa shape index (κ1) is 19.3. The second-order valence-electron chi connectivity index (χ2n) is 7.66. The maximum absolute atomic E-state index is 15.2. The molecule has 0 radical (unpaired) electrons. The van der Waals surface area contributed by atoms with Gasteiger partial charge >= 0.3 is 0 Å². The number of methoxy groups -OCH3 is 1. The van der Waals surface area contributed by atoms with Crippen LogP contribution in [0.5, 0.6) is 5.75 Å². The summed E-state index contributed by atoms with van der Waals surface area (Å²) >= 11 is 0. The second-order valence-corrected chi connectivity index (χ2v) is 7.66. The van der Waals surface area contributed by atoms with Crippen LogP contribution < -0.4 is 4.74 Å². The molecule has 1 aliphatic rings. The van der Waals surface area contributed by atoms with Crippen molar-refractivity contribution in [1.29, 1.82) is 0 Å². The number of nitrogens with zero attached hydrogens (tertiary/aromatic N) is 3. The van der Waals surface area contributed by atoms with Crippen molar-refractivity contribution >= 4 is 16.8 Å². The maximum Gasteiger partial charge on any atom is 0.229 e. The topological polar surface area (TPSA) is 84.2 Å². The molecule has 3 heterocycles. The number of H-pyrrole nitrogens is 1. The number of halogens is 1. The third kappa shape index (κ3) is 3.24. The summed E-state index contributed by atoms with van der Waals surface area (Å²) in [7, 11) is 1.50. The Kier molecular flexibility index (Phi) is 4.69. The average Bonchev–Trinajstić information content (AvgIpc) is 3.36. The minimum atomic E-state index is -0.588. The lowest BCUT2D eigenvalue weighted by molar-refractivity contribution is -0.132. The molecule has 0 saturated carbocycles. The molecule has 0 fully saturated rings. The fraction of sp³-hybridized carbons (Fsp3) is 0.261. The highest BCUT2D eigenvalue weighted by Crippen LogP contribution is 2.40. The van der Waals surface area contributed by atoms with Crippen molar-refractivity contribution in [3.05, 3.63) is 76.5 Å². The number of nitrogens with one attached hydrogen (secondary N) is 1. The Morgan fingerprint density at radius 2 is 2.13 bits per heavy atom. The van der Waals surface area contributed by atoms with Crippen molar-refractivity contribution in [3.63, 3.8) is 0 Å². The first-order chi connectivity index (χ1) is 15.1. The summed E-state index contributed by atoms with van der Waals surface area (Å²) in [5.74, 6) is -0.160. The number of rotatable bonds is 4. The second kappa shape index (κ2) is 7.54. The van der Waals surface area contributed by atoms with E-state index in [2.05, 4.69) is 15.3 Å². The summed E-state index contributed by atoms with van der Waals surface area (Å²) in [6.45, 7) is 2.21. The molecule has 158 valence electrons. The molecule has 2 aromatic carbocycles. The van der Waals surface area contributed by atoms with E-state index in [9.17, 15) is 4.79 Å². The van der Waals surface area contributed by atoms with E-state index in [-0.39, 0.29) is 12.3 Å². The van der Waals surface area contributed by atoms with Gasteiger partial charge in [0, 0.05) is 34.8 Å². The SMILES string of the molecule is COc1ccc([C@@H]2c3[nH]c4ccccc4c3CCN2C(=O)Cc2nonc2C)c(F)c1. The van der Waals surface area contributed by atoms with Gasteiger partial charge in [-0.15, -0.1) is 0 Å². The van der Waals surface area contributed by atoms with Crippen LogP contribution >= 0.6 is 0 Å². The first-order valence-corrected chi connectivity index (χ1v) is 10.1. The number of aryl methyl sites for hydroxylation is 1. The van der Waals surface area contributed by atoms with Crippen molar-refractivity contribution in [2.24, 2.45) is 0 Å². The van der Waals surface area contributed by atoms with Crippen molar-refractivity contribution in [2.75, 3.05) is 13.7 Å². The largest absolute Gasteiger partial charge is 0.497 e. The van der Waals surface area contributed by atoms with Crippen LogP contribution in [0.3, 0.4) is 0 Å². The third-order valence-corrected chi connectivity index (χ3v) is 5.92. The number of para-hydroxylation sites is 1. The molecule has 0 aliphatic carbocycles. The van der Waals surface area contributed by atoms with E-state index in [1.807, 2.05) is 24.3 Å². The quantitative estimate of drug-likeness (QED) is 0.544. The number of benzene rings is 2. The molecule has 4 aromatic rings. The van der Waals surface area contributed by atoms with Gasteiger partial charge in [0.2, 0.25) is 5.91 Å². The van der Waals surface area contributed by atoms with E-state index in [1.54, 1.807) is 24.0 Å². The number of ether oxygens (including phenoxy) is 1. The Bertz CT molecular complexity index is 1280. The summed E-state index contributed by atoms with van der Waals surface area (Å²) in [5, 5.41) is 8.69. The average molecular weight is 420 g/mol. The van der Waals surface area contributed by atoms with Crippen LogP contribution in [0.2, 0.25) is 0 Å². The van der Waals surface area contributed by atoms with Gasteiger partial charge in [0.05, 0.1) is 13.5 Å². The van der Waals surface area contributed by atoms with Crippen LogP contribution in [0.25, 0.3) is 10.9 Å². The zero-order valence-electron chi connectivity index (χ0n) is 17.2. The van der Waals surface area contributed by atoms with Crippen molar-refractivity contribution in [2.45, 2.75) is 25.8 Å². The van der Waals surface area contributed by atoms with Crippen LogP contribution in [-0.2, 0) is 17.6 Å². The molecule has 0 spiro atoms. The number of carbonyl (C=O) groups is 1. The van der Waals surface area contributed by atoms with Crippen molar-refractivity contribution in [1.82, 2.24) is 20.2 Å². The highest BCUT2D eigenvalue weighted by Gasteiger charge is 2.36. The monoisotopic (exact) mass is 420 g/mol. The van der Waals surface area contributed by atoms with E-state index in [0.29, 0.717) is 35.7 Å². The number of hydrogen-bond acceptors (Lipinski definition) is 5. The van der Waals surface area contributed by atoms with Gasteiger partial charge in [-0.05, 0) is 37.1 Å². The van der Waals surface area contributed by atoms with Crippen LogP contribution in [0, 0.1) is 12.7 Å². The predicted octanol–water partition coefficient (Wildman–Crippen LogP) is 3.72. The zero-order chi connectivity index (χ0) is 21.5. The molecule has 1 N–H and O–H groups in total. The van der Waals surface area contributed by atoms with Crippen molar-refractivity contribution in [3.8, 4) is 5.75 Å². The Balaban J connectivity index is 1.62. The molecule has 5 rings (SSSR count). The minimum absolute atomic E-state index is 0.0408. The number of aromatic nitrogens is 3. The molecular formula is C23H21FN4O3. The van der Waals surface area contributed by atoms with Crippen LogP contribution in [0.1, 0.15) is 34.3 Å². The Morgan fingerprint density at radius 1 is 1.29 bits per heavy atom. The predicted molar refractivity (Wildman–Crippen MR) is 111 cm³/mol. The van der Waals surface area contributed by atoms with Gasteiger partial charge in [-0.3, -0.25) is 4.79 Å². The van der Waals surface area contributed by atoms with E-state index >= 15 is 4.39 Å². The molecule has 1 amide bonds. The lowest BCUT2D eigenvalue weighted by Crippen LogP contribution is -2.41. The maximum atomic E-state index is 15.2. The smallest absolute Gasteiger partial charge is 0.229 e. The number of carbonyl (C=O) groups excluding carboxylic acids is 1. The normalized spacial score (nSPS) is 15.8. The van der Waals surface area contributed by atoms with E-state index in [1.165, 1.54) is 13.2 Å². The fourth-order valence-corrected chi connectivity index (χ4v) is 4.34. The fourth-order valence-electron chi connectivity index (χ4n) is 4.34. The van der Waals surface area contributed by atoms with Gasteiger partial charge in [-0.2, -0.15) is 0 Å². The Hall–Kier alpha value is -3.68. The molecule has 31 heavy (non-hydrogen) atoms. The van der Waals surface area contributed by atoms with E-state index in [4.69, 9.17) is 9.37 Å². The molecule has 0 saturated heterocycles. The van der Waals surface area contributed by atoms with Gasteiger partial charge in [0.25, 0.3) is 0 Å². The lowest BCUT2D eigenvalue weighted by atomic mass is 9.91. The summed E-state index contributed by atoms with van der Waals surface area (Å²) in [6, 6.07) is 12.1. The van der Waals surface area contributed by atoms with E-state index in [0.717, 1.165) is 22.2 Å². The van der Waals surface area contributed by atoms with Gasteiger partial charge in [-0.1, -0.05) is 28.5 Å². The van der Waals surface area contributed by atoms with Crippen molar-refractivity contribution < 1.29 is 18.6 Å². The van der Waals surface area contributed by atoms with Crippen LogP contribution in [0.15, 0.2) is 47.1 Å². The third-order valence-electron chi connectivity index (χ3n) is 5.92. The summed E-state index contributed by atoms with van der Waals surface area (Å²) < 4.78 is 25.1. The van der Waals surface area contributed by atoms with Gasteiger partial charge in [-0.25, -0.2) is 9.02 Å². The lowest BCUT2D eigenvalue weighted by Gasteiger charge is -2.36. The standard InChI is InChI=1S/C23H21FN4O3/c1-13-20(27-31-26-13)12-21(29)28-10-9-16-15-5-3-4-6-19(15)25-22(16)23(28)17-8-7-14(30-2)11-18(17)24/h3-8,11,23,25H,9-10,12H2,1-2H3/t23-/m1/s1. The Labute approximate surface area is 177 Å². The summed E-state index contributed by atoms with van der Waals surface area (Å²) in [5.41, 5.74) is 4.39. The van der Waals surface area contributed by atoms with Crippen LogP contribution in [-0.4, -0.2) is 39.8 Å². The molecular weight excluding hydrogens is 399 g/mol. The van der Waals surface area contributed by atoms with E-state index < -0.39 is 11.9 Å². The summed E-state index contributed by atoms with van der Waals surface area (Å²) in [6.07, 6.45) is 0.717. The van der Waals surface area contributed by atoms with Gasteiger partial charge < -0.3 is 14.6 Å². The molecule has 1 atom stereocenters. The molecule has 1 aliphatic heterocycles. The molecule has 8 heteroatoms. The highest BCUT2D eigenvalue weighted by atomic mass is 19.1. The molecule has 0 bridgehead atoms. The molecule has 0 unspecified atom stereocenters. The molecule has 7 nitrogen and oxygen atoms in total. The number of amides is 1. The van der Waals surface area contributed by atoms with Gasteiger partial charge in [0.15, 0.2) is 0 Å². The zero-order valence-corrected chi connectivity index (χ0v) is 17.2. The summed E-state index contributed by atoms with van der Waals surface area (Å²) in [4.78, 5) is 18.5. The number of fused-ring (bicyclic) bond motifs is 3. The highest BCUT2D eigenvalue weighted by molar-refractivity contribution is 5.87.